The number of carbonyl (C=O) groups excluding carboxylic acids is 2. The summed E-state index contributed by atoms with van der Waals surface area (Å²) in [6.45, 7) is 4.20. The van der Waals surface area contributed by atoms with Crippen LogP contribution in [0.5, 0.6) is 11.5 Å². The summed E-state index contributed by atoms with van der Waals surface area (Å²) in [6.07, 6.45) is -4.09. The van der Waals surface area contributed by atoms with E-state index in [1.54, 1.807) is 44.2 Å². The normalized spacial score (nSPS) is 26.0. The van der Waals surface area contributed by atoms with Gasteiger partial charge in [0, 0.05) is 13.2 Å². The molecule has 44 heavy (non-hydrogen) atoms. The molecule has 0 spiro atoms. The maximum absolute atomic E-state index is 14.4. The van der Waals surface area contributed by atoms with Crippen molar-refractivity contribution in [2.75, 3.05) is 21.0 Å². The van der Waals surface area contributed by atoms with E-state index in [2.05, 4.69) is 0 Å². The minimum atomic E-state index is -4.83. The van der Waals surface area contributed by atoms with Gasteiger partial charge in [-0.05, 0) is 57.0 Å². The summed E-state index contributed by atoms with van der Waals surface area (Å²) >= 11 is 0. The monoisotopic (exact) mass is 620 g/mol. The highest BCUT2D eigenvalue weighted by atomic mass is 19.4. The van der Waals surface area contributed by atoms with Gasteiger partial charge in [0.2, 0.25) is 0 Å². The highest BCUT2D eigenvalue weighted by molar-refractivity contribution is 5.97. The summed E-state index contributed by atoms with van der Waals surface area (Å²) in [5.41, 5.74) is 0.371. The molecule has 0 aliphatic carbocycles. The van der Waals surface area contributed by atoms with Crippen molar-refractivity contribution in [1.82, 2.24) is 0 Å². The molecular weight excluding hydrogens is 585 g/mol. The summed E-state index contributed by atoms with van der Waals surface area (Å²) in [5, 5.41) is 0. The number of ether oxygens (including phenoxy) is 7. The van der Waals surface area contributed by atoms with Gasteiger partial charge in [0.15, 0.2) is 12.6 Å². The molecule has 0 radical (unpaired) electrons. The van der Waals surface area contributed by atoms with Crippen molar-refractivity contribution in [3.05, 3.63) is 77.4 Å². The van der Waals surface area contributed by atoms with Gasteiger partial charge in [-0.2, -0.15) is 13.2 Å². The third-order valence-corrected chi connectivity index (χ3v) is 7.03. The van der Waals surface area contributed by atoms with Crippen LogP contribution >= 0.6 is 0 Å². The number of fused-ring (bicyclic) bond motifs is 2. The van der Waals surface area contributed by atoms with Gasteiger partial charge >= 0.3 is 18.1 Å². The molecule has 0 amide bonds. The number of methoxy groups -OCH3 is 2. The lowest BCUT2D eigenvalue weighted by Crippen LogP contribution is -2.39. The molecule has 0 aromatic heterocycles. The summed E-state index contributed by atoms with van der Waals surface area (Å²) in [5.74, 6) is -4.87. The number of hydrogen-bond donors (Lipinski definition) is 0. The fourth-order valence-electron chi connectivity index (χ4n) is 5.01. The first kappa shape index (κ1) is 33.0. The van der Waals surface area contributed by atoms with Crippen LogP contribution in [-0.4, -0.2) is 69.3 Å². The first-order valence-electron chi connectivity index (χ1n) is 13.9. The van der Waals surface area contributed by atoms with Crippen molar-refractivity contribution in [3.63, 3.8) is 0 Å². The molecule has 9 nitrogen and oxygen atoms in total. The van der Waals surface area contributed by atoms with Crippen LogP contribution in [0, 0.1) is 5.92 Å². The van der Waals surface area contributed by atoms with E-state index < -0.39 is 54.2 Å². The Morgan fingerprint density at radius 1 is 1.07 bits per heavy atom. The Bertz CT molecular complexity index is 1370. The second-order valence-corrected chi connectivity index (χ2v) is 10.7. The van der Waals surface area contributed by atoms with Crippen LogP contribution in [0.1, 0.15) is 53.5 Å². The molecule has 12 heteroatoms. The molecule has 4 unspecified atom stereocenters. The van der Waals surface area contributed by atoms with Crippen molar-refractivity contribution >= 4 is 18.0 Å². The number of halogens is 3. The largest absolute Gasteiger partial charge is 0.497 e. The van der Waals surface area contributed by atoms with Gasteiger partial charge in [0.25, 0.3) is 0 Å². The second-order valence-electron chi connectivity index (χ2n) is 10.7. The Morgan fingerprint density at radius 2 is 1.80 bits per heavy atom. The standard InChI is InChI=1S/C32H35F3O9/c1-19-23(32(33,34)35)14-15-24(42-29(36)20-10-7-6-8-11-20)28-25(43-31(2,3)44-28)13-9-12-21-16-22(39-5)17-26(40-18-38-4)27(21)30(37)41-19/h6-12,14-17,19,23-25,28H,13,18H2,1-5H3/b12-9?,15-14-/t19?,23?,24?,25-,28?/m0/s1. The minimum Gasteiger partial charge on any atom is -0.497 e. The first-order valence-corrected chi connectivity index (χ1v) is 13.9. The number of esters is 2. The Morgan fingerprint density at radius 3 is 2.45 bits per heavy atom. The molecule has 0 bridgehead atoms. The predicted octanol–water partition coefficient (Wildman–Crippen LogP) is 6.12. The fourth-order valence-corrected chi connectivity index (χ4v) is 5.01. The Balaban J connectivity index is 1.82. The summed E-state index contributed by atoms with van der Waals surface area (Å²) in [6, 6.07) is 11.0. The Kier molecular flexibility index (Phi) is 10.4. The summed E-state index contributed by atoms with van der Waals surface area (Å²) in [4.78, 5) is 26.5. The molecule has 2 aromatic carbocycles. The van der Waals surface area contributed by atoms with E-state index in [1.807, 2.05) is 0 Å². The molecule has 1 fully saturated rings. The van der Waals surface area contributed by atoms with Gasteiger partial charge in [-0.3, -0.25) is 0 Å². The zero-order valence-corrected chi connectivity index (χ0v) is 25.0. The number of alkyl halides is 3. The molecule has 2 aliphatic heterocycles. The van der Waals surface area contributed by atoms with Crippen LogP contribution in [-0.2, 0) is 23.7 Å². The number of hydrogen-bond acceptors (Lipinski definition) is 9. The van der Waals surface area contributed by atoms with E-state index in [9.17, 15) is 22.8 Å². The molecule has 1 saturated heterocycles. The second kappa shape index (κ2) is 13.8. The number of benzene rings is 2. The van der Waals surface area contributed by atoms with Crippen LogP contribution in [0.3, 0.4) is 0 Å². The Labute approximate surface area is 253 Å². The third-order valence-electron chi connectivity index (χ3n) is 7.03. The van der Waals surface area contributed by atoms with E-state index in [-0.39, 0.29) is 35.7 Å². The molecule has 0 N–H and O–H groups in total. The lowest BCUT2D eigenvalue weighted by Gasteiger charge is -2.27. The van der Waals surface area contributed by atoms with Crippen LogP contribution < -0.4 is 9.47 Å². The van der Waals surface area contributed by atoms with Crippen molar-refractivity contribution < 1.29 is 55.9 Å². The molecule has 0 saturated carbocycles. The highest BCUT2D eigenvalue weighted by Gasteiger charge is 2.47. The van der Waals surface area contributed by atoms with Crippen LogP contribution in [0.25, 0.3) is 6.08 Å². The zero-order valence-electron chi connectivity index (χ0n) is 25.0. The van der Waals surface area contributed by atoms with Gasteiger partial charge < -0.3 is 33.2 Å². The van der Waals surface area contributed by atoms with E-state index in [1.165, 1.54) is 38.5 Å². The maximum Gasteiger partial charge on any atom is 0.398 e. The van der Waals surface area contributed by atoms with Gasteiger partial charge in [-0.25, -0.2) is 9.59 Å². The SMILES string of the molecule is COCOc1cc(OC)cc2c1C(=O)OC(C)C(C(F)(F)F)/C=C\C(OC(=O)c1ccccc1)C1OC(C)(C)O[C@H]1CC=C2. The van der Waals surface area contributed by atoms with Crippen molar-refractivity contribution in [2.24, 2.45) is 5.92 Å². The summed E-state index contributed by atoms with van der Waals surface area (Å²) in [7, 11) is 2.80. The number of cyclic esters (lactones) is 1. The van der Waals surface area contributed by atoms with E-state index >= 15 is 0 Å². The minimum absolute atomic E-state index is 0.00147. The van der Waals surface area contributed by atoms with E-state index in [0.717, 1.165) is 19.1 Å². The smallest absolute Gasteiger partial charge is 0.398 e. The zero-order chi connectivity index (χ0) is 32.1. The van der Waals surface area contributed by atoms with Crippen molar-refractivity contribution in [3.8, 4) is 11.5 Å². The molecule has 4 rings (SSSR count). The molecule has 2 aromatic rings. The van der Waals surface area contributed by atoms with Gasteiger partial charge in [0.1, 0.15) is 41.3 Å². The maximum atomic E-state index is 14.4. The lowest BCUT2D eigenvalue weighted by atomic mass is 9.97. The first-order chi connectivity index (χ1) is 20.8. The molecule has 238 valence electrons. The predicted molar refractivity (Wildman–Crippen MR) is 152 cm³/mol. The molecule has 2 heterocycles. The molecule has 2 aliphatic rings. The van der Waals surface area contributed by atoms with Crippen LogP contribution in [0.2, 0.25) is 0 Å². The molecular formula is C32H35F3O9. The van der Waals surface area contributed by atoms with E-state index in [0.29, 0.717) is 5.75 Å². The van der Waals surface area contributed by atoms with Crippen LogP contribution in [0.4, 0.5) is 13.2 Å². The van der Waals surface area contributed by atoms with Crippen molar-refractivity contribution in [1.29, 1.82) is 0 Å². The lowest BCUT2D eigenvalue weighted by molar-refractivity contribution is -0.182. The Hall–Kier alpha value is -3.87. The van der Waals surface area contributed by atoms with Gasteiger partial charge in [-0.1, -0.05) is 36.4 Å². The molecule has 5 atom stereocenters. The summed E-state index contributed by atoms with van der Waals surface area (Å²) < 4.78 is 82.4. The average molecular weight is 621 g/mol. The number of carbonyl (C=O) groups is 2. The van der Waals surface area contributed by atoms with Gasteiger partial charge in [0.05, 0.1) is 18.8 Å². The van der Waals surface area contributed by atoms with Crippen LogP contribution in [0.15, 0.2) is 60.7 Å². The third kappa shape index (κ3) is 7.99. The van der Waals surface area contributed by atoms with Crippen molar-refractivity contribution in [2.45, 2.75) is 63.6 Å². The fraction of sp³-hybridized carbons (Fsp3) is 0.438. The highest BCUT2D eigenvalue weighted by Crippen LogP contribution is 2.38. The van der Waals surface area contributed by atoms with E-state index in [4.69, 9.17) is 33.2 Å². The quantitative estimate of drug-likeness (QED) is 0.215. The topological polar surface area (TPSA) is 98.8 Å². The van der Waals surface area contributed by atoms with Gasteiger partial charge in [-0.15, -0.1) is 0 Å². The average Bonchev–Trinajstić information content (AvgIpc) is 3.28. The number of rotatable bonds is 6.